The zero-order valence-electron chi connectivity index (χ0n) is 9.95. The Morgan fingerprint density at radius 3 is 2.89 bits per heavy atom. The SMILES string of the molecule is CSCCN1C(=O)CNC1c1ccc(F)c(F)c1. The lowest BCUT2D eigenvalue weighted by molar-refractivity contribution is -0.127. The van der Waals surface area contributed by atoms with Crippen LogP contribution in [0.3, 0.4) is 0 Å². The van der Waals surface area contributed by atoms with Gasteiger partial charge in [0.1, 0.15) is 6.17 Å². The Morgan fingerprint density at radius 2 is 2.22 bits per heavy atom. The lowest BCUT2D eigenvalue weighted by Gasteiger charge is -2.24. The highest BCUT2D eigenvalue weighted by atomic mass is 32.2. The van der Waals surface area contributed by atoms with Crippen LogP contribution in [0.4, 0.5) is 8.78 Å². The molecule has 0 saturated carbocycles. The minimum Gasteiger partial charge on any atom is -0.321 e. The summed E-state index contributed by atoms with van der Waals surface area (Å²) in [6.45, 7) is 0.828. The van der Waals surface area contributed by atoms with Crippen molar-refractivity contribution < 1.29 is 13.6 Å². The molecule has 0 bridgehead atoms. The van der Waals surface area contributed by atoms with Gasteiger partial charge in [-0.3, -0.25) is 10.1 Å². The van der Waals surface area contributed by atoms with Crippen LogP contribution < -0.4 is 5.32 Å². The summed E-state index contributed by atoms with van der Waals surface area (Å²) in [6, 6.07) is 3.72. The van der Waals surface area contributed by atoms with Gasteiger partial charge >= 0.3 is 0 Å². The predicted molar refractivity (Wildman–Crippen MR) is 67.2 cm³/mol. The third kappa shape index (κ3) is 2.64. The molecule has 1 fully saturated rings. The molecule has 1 N–H and O–H groups in total. The third-order valence-electron chi connectivity index (χ3n) is 2.87. The molecule has 1 saturated heterocycles. The van der Waals surface area contributed by atoms with Gasteiger partial charge in [-0.2, -0.15) is 11.8 Å². The normalized spacial score (nSPS) is 19.6. The lowest BCUT2D eigenvalue weighted by atomic mass is 10.1. The number of benzene rings is 1. The van der Waals surface area contributed by atoms with E-state index in [0.717, 1.165) is 17.9 Å². The van der Waals surface area contributed by atoms with Crippen molar-refractivity contribution >= 4 is 17.7 Å². The first-order valence-electron chi connectivity index (χ1n) is 5.60. The van der Waals surface area contributed by atoms with Gasteiger partial charge in [0.05, 0.1) is 6.54 Å². The van der Waals surface area contributed by atoms with Gasteiger partial charge in [-0.15, -0.1) is 0 Å². The minimum atomic E-state index is -0.890. The van der Waals surface area contributed by atoms with Crippen molar-refractivity contribution in [2.24, 2.45) is 0 Å². The molecule has 1 atom stereocenters. The second-order valence-electron chi connectivity index (χ2n) is 4.04. The number of hydrogen-bond acceptors (Lipinski definition) is 3. The number of hydrogen-bond donors (Lipinski definition) is 1. The van der Waals surface area contributed by atoms with Crippen molar-refractivity contribution in [1.82, 2.24) is 10.2 Å². The van der Waals surface area contributed by atoms with Crippen LogP contribution in [-0.4, -0.2) is 35.9 Å². The Labute approximate surface area is 109 Å². The van der Waals surface area contributed by atoms with Crippen molar-refractivity contribution in [3.8, 4) is 0 Å². The minimum absolute atomic E-state index is 0.0150. The summed E-state index contributed by atoms with van der Waals surface area (Å²) in [6.07, 6.45) is 1.60. The van der Waals surface area contributed by atoms with Crippen molar-refractivity contribution in [2.75, 3.05) is 25.1 Å². The first-order valence-corrected chi connectivity index (χ1v) is 6.99. The van der Waals surface area contributed by atoms with Gasteiger partial charge in [-0.25, -0.2) is 8.78 Å². The zero-order valence-corrected chi connectivity index (χ0v) is 10.8. The molecule has 6 heteroatoms. The molecule has 1 aromatic carbocycles. The van der Waals surface area contributed by atoms with E-state index in [1.165, 1.54) is 6.07 Å². The highest BCUT2D eigenvalue weighted by Gasteiger charge is 2.31. The first kappa shape index (κ1) is 13.3. The maximum atomic E-state index is 13.2. The number of halogens is 2. The van der Waals surface area contributed by atoms with E-state index in [1.807, 2.05) is 6.26 Å². The quantitative estimate of drug-likeness (QED) is 0.906. The van der Waals surface area contributed by atoms with Gasteiger partial charge in [-0.1, -0.05) is 6.07 Å². The molecular weight excluding hydrogens is 258 g/mol. The number of amides is 1. The number of carbonyl (C=O) groups is 1. The number of carbonyl (C=O) groups excluding carboxylic acids is 1. The lowest BCUT2D eigenvalue weighted by Crippen LogP contribution is -2.32. The van der Waals surface area contributed by atoms with E-state index in [4.69, 9.17) is 0 Å². The smallest absolute Gasteiger partial charge is 0.238 e. The maximum Gasteiger partial charge on any atom is 0.238 e. The van der Waals surface area contributed by atoms with Crippen LogP contribution in [0.5, 0.6) is 0 Å². The molecule has 3 nitrogen and oxygen atoms in total. The van der Waals surface area contributed by atoms with Crippen molar-refractivity contribution in [2.45, 2.75) is 6.17 Å². The predicted octanol–water partition coefficient (Wildman–Crippen LogP) is 1.76. The molecule has 0 aliphatic carbocycles. The van der Waals surface area contributed by atoms with Gasteiger partial charge in [0.25, 0.3) is 0 Å². The van der Waals surface area contributed by atoms with Gasteiger partial charge in [0, 0.05) is 12.3 Å². The summed E-state index contributed by atoms with van der Waals surface area (Å²) in [5, 5.41) is 3.01. The van der Waals surface area contributed by atoms with Crippen LogP contribution in [0.2, 0.25) is 0 Å². The molecule has 1 aliphatic rings. The Morgan fingerprint density at radius 1 is 1.44 bits per heavy atom. The van der Waals surface area contributed by atoms with E-state index < -0.39 is 11.6 Å². The highest BCUT2D eigenvalue weighted by Crippen LogP contribution is 2.24. The van der Waals surface area contributed by atoms with Crippen molar-refractivity contribution in [3.63, 3.8) is 0 Å². The van der Waals surface area contributed by atoms with Gasteiger partial charge in [0.15, 0.2) is 11.6 Å². The molecule has 1 heterocycles. The largest absolute Gasteiger partial charge is 0.321 e. The molecule has 18 heavy (non-hydrogen) atoms. The van der Waals surface area contributed by atoms with Crippen LogP contribution in [0.15, 0.2) is 18.2 Å². The second kappa shape index (κ2) is 5.67. The van der Waals surface area contributed by atoms with Gasteiger partial charge < -0.3 is 4.90 Å². The van der Waals surface area contributed by atoms with E-state index in [1.54, 1.807) is 16.7 Å². The molecule has 2 rings (SSSR count). The molecule has 0 spiro atoms. The van der Waals surface area contributed by atoms with E-state index >= 15 is 0 Å². The van der Waals surface area contributed by atoms with Crippen LogP contribution in [0.25, 0.3) is 0 Å². The summed E-state index contributed by atoms with van der Waals surface area (Å²) in [5.74, 6) is -0.968. The van der Waals surface area contributed by atoms with E-state index in [-0.39, 0.29) is 18.6 Å². The topological polar surface area (TPSA) is 32.3 Å². The number of nitrogens with one attached hydrogen (secondary N) is 1. The van der Waals surface area contributed by atoms with Crippen molar-refractivity contribution in [1.29, 1.82) is 0 Å². The van der Waals surface area contributed by atoms with E-state index in [9.17, 15) is 13.6 Å². The zero-order chi connectivity index (χ0) is 13.1. The van der Waals surface area contributed by atoms with Crippen LogP contribution >= 0.6 is 11.8 Å². The third-order valence-corrected chi connectivity index (χ3v) is 3.47. The Balaban J connectivity index is 2.19. The Hall–Kier alpha value is -1.14. The molecule has 0 radical (unpaired) electrons. The summed E-state index contributed by atoms with van der Waals surface area (Å²) in [4.78, 5) is 13.4. The van der Waals surface area contributed by atoms with E-state index in [2.05, 4.69) is 5.32 Å². The van der Waals surface area contributed by atoms with E-state index in [0.29, 0.717) is 12.1 Å². The van der Waals surface area contributed by atoms with Gasteiger partial charge in [-0.05, 0) is 24.0 Å². The monoisotopic (exact) mass is 272 g/mol. The number of nitrogens with zero attached hydrogens (tertiary/aromatic N) is 1. The molecule has 0 aromatic heterocycles. The van der Waals surface area contributed by atoms with Gasteiger partial charge in [0.2, 0.25) is 5.91 Å². The molecule has 1 aromatic rings. The molecule has 1 amide bonds. The fraction of sp³-hybridized carbons (Fsp3) is 0.417. The fourth-order valence-electron chi connectivity index (χ4n) is 1.96. The Kier molecular flexibility index (Phi) is 4.19. The summed E-state index contributed by atoms with van der Waals surface area (Å²) in [5.41, 5.74) is 0.570. The summed E-state index contributed by atoms with van der Waals surface area (Å²) < 4.78 is 26.1. The molecule has 98 valence electrons. The highest BCUT2D eigenvalue weighted by molar-refractivity contribution is 7.98. The standard InChI is InChI=1S/C12H14F2N2OS/c1-18-5-4-16-11(17)7-15-12(16)8-2-3-9(13)10(14)6-8/h2-3,6,12,15H,4-5,7H2,1H3. The Bertz CT molecular complexity index is 456. The second-order valence-corrected chi connectivity index (χ2v) is 5.02. The summed E-state index contributed by atoms with van der Waals surface area (Å²) >= 11 is 1.64. The average molecular weight is 272 g/mol. The molecular formula is C12H14F2N2OS. The van der Waals surface area contributed by atoms with Crippen molar-refractivity contribution in [3.05, 3.63) is 35.4 Å². The molecule has 1 unspecified atom stereocenters. The number of thioether (sulfide) groups is 1. The van der Waals surface area contributed by atoms with Crippen LogP contribution in [-0.2, 0) is 4.79 Å². The number of rotatable bonds is 4. The first-order chi connectivity index (χ1) is 8.63. The molecule has 1 aliphatic heterocycles. The van der Waals surface area contributed by atoms with Crippen LogP contribution in [0, 0.1) is 11.6 Å². The fourth-order valence-corrected chi connectivity index (χ4v) is 2.34. The maximum absolute atomic E-state index is 13.2. The summed E-state index contributed by atoms with van der Waals surface area (Å²) in [7, 11) is 0. The van der Waals surface area contributed by atoms with Crippen LogP contribution in [0.1, 0.15) is 11.7 Å². The average Bonchev–Trinajstić information content (AvgIpc) is 2.72.